The van der Waals surface area contributed by atoms with Crippen LogP contribution in [0.4, 0.5) is 4.79 Å². The minimum atomic E-state index is -0.476. The number of amides is 1. The van der Waals surface area contributed by atoms with Gasteiger partial charge in [-0.3, -0.25) is 0 Å². The van der Waals surface area contributed by atoms with E-state index < -0.39 is 5.60 Å². The standard InChI is InChI=1S/C18H29ClN2O2/c1-6-7-15(12-21-17(22)23-18(3,4)5)20-11-14-9-8-13(2)16(19)10-14/h8-10,15,20H,6-7,11-12H2,1-5H3,(H,21,22). The maximum Gasteiger partial charge on any atom is 0.407 e. The van der Waals surface area contributed by atoms with E-state index in [9.17, 15) is 4.79 Å². The van der Waals surface area contributed by atoms with Crippen LogP contribution in [0.5, 0.6) is 0 Å². The van der Waals surface area contributed by atoms with E-state index in [2.05, 4.69) is 23.6 Å². The molecule has 130 valence electrons. The largest absolute Gasteiger partial charge is 0.444 e. The Morgan fingerprint density at radius 2 is 2.04 bits per heavy atom. The third-order valence-corrected chi connectivity index (χ3v) is 3.77. The van der Waals surface area contributed by atoms with Gasteiger partial charge >= 0.3 is 6.09 Å². The molecule has 5 heteroatoms. The van der Waals surface area contributed by atoms with E-state index in [1.807, 2.05) is 39.8 Å². The predicted molar refractivity (Wildman–Crippen MR) is 96.0 cm³/mol. The van der Waals surface area contributed by atoms with E-state index in [-0.39, 0.29) is 12.1 Å². The molecule has 0 saturated heterocycles. The molecular formula is C18H29ClN2O2. The smallest absolute Gasteiger partial charge is 0.407 e. The van der Waals surface area contributed by atoms with Crippen molar-refractivity contribution in [3.05, 3.63) is 34.3 Å². The van der Waals surface area contributed by atoms with Crippen molar-refractivity contribution in [2.75, 3.05) is 6.54 Å². The molecule has 1 aromatic carbocycles. The van der Waals surface area contributed by atoms with Gasteiger partial charge in [-0.05, 0) is 51.3 Å². The fourth-order valence-corrected chi connectivity index (χ4v) is 2.36. The minimum absolute atomic E-state index is 0.201. The lowest BCUT2D eigenvalue weighted by molar-refractivity contribution is 0.0521. The van der Waals surface area contributed by atoms with Crippen molar-refractivity contribution >= 4 is 17.7 Å². The van der Waals surface area contributed by atoms with Crippen LogP contribution in [0.25, 0.3) is 0 Å². The molecule has 23 heavy (non-hydrogen) atoms. The van der Waals surface area contributed by atoms with Crippen molar-refractivity contribution in [2.45, 2.75) is 65.6 Å². The molecule has 0 aliphatic heterocycles. The number of hydrogen-bond acceptors (Lipinski definition) is 3. The summed E-state index contributed by atoms with van der Waals surface area (Å²) < 4.78 is 5.26. The topological polar surface area (TPSA) is 50.4 Å². The quantitative estimate of drug-likeness (QED) is 0.771. The number of hydrogen-bond donors (Lipinski definition) is 2. The Balaban J connectivity index is 2.48. The Labute approximate surface area is 144 Å². The van der Waals surface area contributed by atoms with Gasteiger partial charge in [0.2, 0.25) is 0 Å². The lowest BCUT2D eigenvalue weighted by atomic mass is 10.1. The number of carbonyl (C=O) groups excluding carboxylic acids is 1. The van der Waals surface area contributed by atoms with Crippen molar-refractivity contribution in [1.29, 1.82) is 0 Å². The number of aryl methyl sites for hydroxylation is 1. The van der Waals surface area contributed by atoms with Crippen molar-refractivity contribution < 1.29 is 9.53 Å². The number of halogens is 1. The van der Waals surface area contributed by atoms with Crippen LogP contribution in [-0.2, 0) is 11.3 Å². The van der Waals surface area contributed by atoms with Crippen molar-refractivity contribution in [2.24, 2.45) is 0 Å². The number of carbonyl (C=O) groups is 1. The molecule has 2 N–H and O–H groups in total. The summed E-state index contributed by atoms with van der Waals surface area (Å²) in [5.41, 5.74) is 1.74. The van der Waals surface area contributed by atoms with Crippen LogP contribution in [0, 0.1) is 6.92 Å². The SMILES string of the molecule is CCCC(CNC(=O)OC(C)(C)C)NCc1ccc(C)c(Cl)c1. The van der Waals surface area contributed by atoms with E-state index in [4.69, 9.17) is 16.3 Å². The molecule has 0 radical (unpaired) electrons. The molecule has 1 atom stereocenters. The van der Waals surface area contributed by atoms with Crippen LogP contribution in [0.3, 0.4) is 0 Å². The summed E-state index contributed by atoms with van der Waals surface area (Å²) in [5, 5.41) is 7.08. The zero-order valence-electron chi connectivity index (χ0n) is 14.8. The lowest BCUT2D eigenvalue weighted by Gasteiger charge is -2.22. The molecule has 1 unspecified atom stereocenters. The van der Waals surface area contributed by atoms with Crippen LogP contribution in [0.2, 0.25) is 5.02 Å². The number of ether oxygens (including phenoxy) is 1. The van der Waals surface area contributed by atoms with E-state index in [1.54, 1.807) is 0 Å². The predicted octanol–water partition coefficient (Wildman–Crippen LogP) is 4.43. The highest BCUT2D eigenvalue weighted by Gasteiger charge is 2.17. The average molecular weight is 341 g/mol. The monoisotopic (exact) mass is 340 g/mol. The molecule has 1 aromatic rings. The van der Waals surface area contributed by atoms with E-state index in [0.717, 1.165) is 35.5 Å². The van der Waals surface area contributed by atoms with Gasteiger partial charge < -0.3 is 15.4 Å². The van der Waals surface area contributed by atoms with Gasteiger partial charge in [-0.2, -0.15) is 0 Å². The van der Waals surface area contributed by atoms with Crippen molar-refractivity contribution in [1.82, 2.24) is 10.6 Å². The van der Waals surface area contributed by atoms with Crippen LogP contribution in [0.15, 0.2) is 18.2 Å². The van der Waals surface area contributed by atoms with Crippen LogP contribution in [0.1, 0.15) is 51.7 Å². The first-order valence-corrected chi connectivity index (χ1v) is 8.54. The van der Waals surface area contributed by atoms with Crippen LogP contribution in [-0.4, -0.2) is 24.3 Å². The van der Waals surface area contributed by atoms with Gasteiger partial charge in [0.05, 0.1) is 0 Å². The number of rotatable bonds is 7. The summed E-state index contributed by atoms with van der Waals surface area (Å²) in [7, 11) is 0. The molecule has 1 amide bonds. The molecule has 0 aliphatic rings. The summed E-state index contributed by atoms with van der Waals surface area (Å²) in [4.78, 5) is 11.7. The fourth-order valence-electron chi connectivity index (χ4n) is 2.15. The van der Waals surface area contributed by atoms with Gasteiger partial charge in [-0.1, -0.05) is 37.1 Å². The number of nitrogens with one attached hydrogen (secondary N) is 2. The van der Waals surface area contributed by atoms with Gasteiger partial charge in [-0.25, -0.2) is 4.79 Å². The summed E-state index contributed by atoms with van der Waals surface area (Å²) >= 11 is 6.15. The zero-order valence-corrected chi connectivity index (χ0v) is 15.6. The van der Waals surface area contributed by atoms with E-state index in [0.29, 0.717) is 6.54 Å². The molecule has 0 bridgehead atoms. The second-order valence-electron chi connectivity index (χ2n) is 6.83. The lowest BCUT2D eigenvalue weighted by Crippen LogP contribution is -2.42. The van der Waals surface area contributed by atoms with Gasteiger partial charge in [0.15, 0.2) is 0 Å². The van der Waals surface area contributed by atoms with Crippen molar-refractivity contribution in [3.8, 4) is 0 Å². The van der Waals surface area contributed by atoms with Crippen molar-refractivity contribution in [3.63, 3.8) is 0 Å². The first-order valence-electron chi connectivity index (χ1n) is 8.16. The fraction of sp³-hybridized carbons (Fsp3) is 0.611. The Bertz CT molecular complexity index is 512. The Morgan fingerprint density at radius 3 is 2.61 bits per heavy atom. The molecule has 1 rings (SSSR count). The molecule has 0 saturated carbocycles. The molecule has 0 fully saturated rings. The molecule has 0 heterocycles. The Morgan fingerprint density at radius 1 is 1.35 bits per heavy atom. The highest BCUT2D eigenvalue weighted by molar-refractivity contribution is 6.31. The Kier molecular flexibility index (Phi) is 7.86. The third-order valence-electron chi connectivity index (χ3n) is 3.36. The van der Waals surface area contributed by atoms with Crippen LogP contribution >= 0.6 is 11.6 Å². The average Bonchev–Trinajstić information content (AvgIpc) is 2.43. The molecule has 0 aromatic heterocycles. The molecular weight excluding hydrogens is 312 g/mol. The third kappa shape index (κ3) is 8.24. The van der Waals surface area contributed by atoms with Gasteiger partial charge in [0, 0.05) is 24.2 Å². The van der Waals surface area contributed by atoms with Gasteiger partial charge in [0.25, 0.3) is 0 Å². The highest BCUT2D eigenvalue weighted by atomic mass is 35.5. The summed E-state index contributed by atoms with van der Waals surface area (Å²) in [5.74, 6) is 0. The second-order valence-corrected chi connectivity index (χ2v) is 7.24. The zero-order chi connectivity index (χ0) is 17.5. The number of benzene rings is 1. The molecule has 4 nitrogen and oxygen atoms in total. The minimum Gasteiger partial charge on any atom is -0.444 e. The van der Waals surface area contributed by atoms with E-state index in [1.165, 1.54) is 0 Å². The first-order chi connectivity index (χ1) is 10.7. The van der Waals surface area contributed by atoms with E-state index >= 15 is 0 Å². The summed E-state index contributed by atoms with van der Waals surface area (Å²) in [6.45, 7) is 11.0. The van der Waals surface area contributed by atoms with Gasteiger partial charge in [0.1, 0.15) is 5.60 Å². The Hall–Kier alpha value is -1.26. The summed E-state index contributed by atoms with van der Waals surface area (Å²) in [6, 6.07) is 6.27. The second kappa shape index (κ2) is 9.14. The molecule has 0 aliphatic carbocycles. The van der Waals surface area contributed by atoms with Crippen LogP contribution < -0.4 is 10.6 Å². The summed E-state index contributed by atoms with van der Waals surface area (Å²) in [6.07, 6.45) is 1.65. The molecule has 0 spiro atoms. The maximum atomic E-state index is 11.7. The maximum absolute atomic E-state index is 11.7. The number of alkyl carbamates (subject to hydrolysis) is 1. The normalized spacial score (nSPS) is 12.8. The first kappa shape index (κ1) is 19.8. The van der Waals surface area contributed by atoms with Gasteiger partial charge in [-0.15, -0.1) is 0 Å². The highest BCUT2D eigenvalue weighted by Crippen LogP contribution is 2.16.